The number of aromatic nitrogens is 1. The summed E-state index contributed by atoms with van der Waals surface area (Å²) in [7, 11) is 0. The van der Waals surface area contributed by atoms with Gasteiger partial charge < -0.3 is 20.9 Å². The Morgan fingerprint density at radius 2 is 2.12 bits per heavy atom. The summed E-state index contributed by atoms with van der Waals surface area (Å²) in [5, 5.41) is 20.3. The second kappa shape index (κ2) is 4.55. The molecule has 4 nitrogen and oxygen atoms in total. The highest BCUT2D eigenvalue weighted by Gasteiger charge is 2.20. The zero-order valence-electron chi connectivity index (χ0n) is 8.52. The molecule has 0 bridgehead atoms. The molecule has 5 heteroatoms. The maximum absolute atomic E-state index is 9.90. The van der Waals surface area contributed by atoms with Crippen molar-refractivity contribution in [1.29, 1.82) is 0 Å². The van der Waals surface area contributed by atoms with Crippen LogP contribution in [0.25, 0.3) is 10.9 Å². The quantitative estimate of drug-likeness (QED) is 0.685. The van der Waals surface area contributed by atoms with Crippen molar-refractivity contribution in [2.75, 3.05) is 6.54 Å². The molecule has 0 aliphatic heterocycles. The molecule has 0 saturated carbocycles. The van der Waals surface area contributed by atoms with Gasteiger partial charge in [-0.2, -0.15) is 0 Å². The van der Waals surface area contributed by atoms with Crippen LogP contribution in [0, 0.1) is 0 Å². The lowest BCUT2D eigenvalue weighted by molar-refractivity contribution is 0.0252. The molecule has 2 rings (SSSR count). The highest BCUT2D eigenvalue weighted by Crippen LogP contribution is 2.28. The van der Waals surface area contributed by atoms with Crippen molar-refractivity contribution in [3.05, 3.63) is 34.4 Å². The molecule has 1 aromatic heterocycles. The van der Waals surface area contributed by atoms with Crippen molar-refractivity contribution in [2.24, 2.45) is 5.73 Å². The van der Waals surface area contributed by atoms with Crippen LogP contribution in [0.2, 0.25) is 0 Å². The summed E-state index contributed by atoms with van der Waals surface area (Å²) in [6.45, 7) is 0.0296. The molecule has 0 amide bonds. The van der Waals surface area contributed by atoms with Crippen LogP contribution in [0.3, 0.4) is 0 Å². The number of nitrogens with two attached hydrogens (primary N) is 1. The molecule has 2 atom stereocenters. The second-order valence-electron chi connectivity index (χ2n) is 3.68. The highest BCUT2D eigenvalue weighted by atomic mass is 79.9. The van der Waals surface area contributed by atoms with Crippen molar-refractivity contribution in [3.63, 3.8) is 0 Å². The van der Waals surface area contributed by atoms with Gasteiger partial charge >= 0.3 is 0 Å². The third-order valence-electron chi connectivity index (χ3n) is 2.60. The predicted octanol–water partition coefficient (Wildman–Crippen LogP) is 1.28. The van der Waals surface area contributed by atoms with Crippen LogP contribution in [0.15, 0.2) is 28.9 Å². The highest BCUT2D eigenvalue weighted by molar-refractivity contribution is 9.10. The molecule has 2 aromatic rings. The lowest BCUT2D eigenvalue weighted by atomic mass is 10.0. The number of aliphatic hydroxyl groups is 2. The Morgan fingerprint density at radius 1 is 1.38 bits per heavy atom. The largest absolute Gasteiger partial charge is 0.389 e. The van der Waals surface area contributed by atoms with Crippen molar-refractivity contribution in [2.45, 2.75) is 12.2 Å². The molecule has 0 fully saturated rings. The monoisotopic (exact) mass is 284 g/mol. The normalized spacial score (nSPS) is 15.2. The Hall–Kier alpha value is -0.880. The van der Waals surface area contributed by atoms with E-state index in [0.717, 1.165) is 15.4 Å². The number of H-pyrrole nitrogens is 1. The van der Waals surface area contributed by atoms with E-state index in [1.54, 1.807) is 6.20 Å². The predicted molar refractivity (Wildman–Crippen MR) is 66.0 cm³/mol. The number of hydrogen-bond acceptors (Lipinski definition) is 3. The molecular formula is C11H13BrN2O2. The lowest BCUT2D eigenvalue weighted by Crippen LogP contribution is -2.26. The Morgan fingerprint density at radius 3 is 2.81 bits per heavy atom. The topological polar surface area (TPSA) is 82.3 Å². The minimum absolute atomic E-state index is 0.0296. The van der Waals surface area contributed by atoms with Crippen LogP contribution in [0.5, 0.6) is 0 Å². The van der Waals surface area contributed by atoms with Crippen molar-refractivity contribution >= 4 is 26.8 Å². The maximum atomic E-state index is 9.90. The fraction of sp³-hybridized carbons (Fsp3) is 0.273. The van der Waals surface area contributed by atoms with Crippen LogP contribution in [0.1, 0.15) is 11.7 Å². The van der Waals surface area contributed by atoms with Crippen LogP contribution in [-0.4, -0.2) is 27.8 Å². The van der Waals surface area contributed by atoms with Gasteiger partial charge in [0.1, 0.15) is 6.10 Å². The number of hydrogen-bond donors (Lipinski definition) is 4. The minimum Gasteiger partial charge on any atom is -0.389 e. The summed E-state index contributed by atoms with van der Waals surface area (Å²) in [6.07, 6.45) is -0.216. The third-order valence-corrected chi connectivity index (χ3v) is 3.09. The first-order chi connectivity index (χ1) is 7.63. The number of fused-ring (bicyclic) bond motifs is 1. The van der Waals surface area contributed by atoms with Crippen LogP contribution < -0.4 is 5.73 Å². The van der Waals surface area contributed by atoms with E-state index in [1.807, 2.05) is 18.2 Å². The van der Waals surface area contributed by atoms with Crippen LogP contribution in [-0.2, 0) is 0 Å². The van der Waals surface area contributed by atoms with Gasteiger partial charge in [-0.1, -0.05) is 15.9 Å². The van der Waals surface area contributed by atoms with Gasteiger partial charge in [0.25, 0.3) is 0 Å². The summed E-state index contributed by atoms with van der Waals surface area (Å²) < 4.78 is 0.926. The Labute approximate surface area is 101 Å². The molecule has 1 heterocycles. The minimum atomic E-state index is -0.965. The zero-order chi connectivity index (χ0) is 11.7. The van der Waals surface area contributed by atoms with E-state index in [-0.39, 0.29) is 6.54 Å². The first-order valence-corrected chi connectivity index (χ1v) is 5.75. The maximum Gasteiger partial charge on any atom is 0.108 e. The molecule has 0 spiro atoms. The van der Waals surface area contributed by atoms with Gasteiger partial charge in [-0.3, -0.25) is 0 Å². The zero-order valence-corrected chi connectivity index (χ0v) is 10.1. The summed E-state index contributed by atoms with van der Waals surface area (Å²) in [6, 6.07) is 5.71. The fourth-order valence-electron chi connectivity index (χ4n) is 1.70. The van der Waals surface area contributed by atoms with E-state index in [0.29, 0.717) is 5.56 Å². The summed E-state index contributed by atoms with van der Waals surface area (Å²) in [4.78, 5) is 3.04. The number of halogens is 1. The lowest BCUT2D eigenvalue weighted by Gasteiger charge is -2.15. The Balaban J connectivity index is 2.48. The molecule has 0 aliphatic carbocycles. The SMILES string of the molecule is NCC(O)C(O)c1c[nH]c2ccc(Br)cc12. The Kier molecular flexibility index (Phi) is 3.30. The van der Waals surface area contributed by atoms with Gasteiger partial charge in [0, 0.05) is 33.7 Å². The van der Waals surface area contributed by atoms with Gasteiger partial charge in [-0.05, 0) is 18.2 Å². The molecule has 0 aliphatic rings. The van der Waals surface area contributed by atoms with Gasteiger partial charge in [0.15, 0.2) is 0 Å². The fourth-order valence-corrected chi connectivity index (χ4v) is 2.06. The Bertz CT molecular complexity index is 498. The van der Waals surface area contributed by atoms with Crippen molar-refractivity contribution in [3.8, 4) is 0 Å². The van der Waals surface area contributed by atoms with Gasteiger partial charge in [0.2, 0.25) is 0 Å². The molecular weight excluding hydrogens is 272 g/mol. The molecule has 1 aromatic carbocycles. The summed E-state index contributed by atoms with van der Waals surface area (Å²) in [5.74, 6) is 0. The summed E-state index contributed by atoms with van der Waals surface area (Å²) in [5.41, 5.74) is 6.90. The second-order valence-corrected chi connectivity index (χ2v) is 4.60. The van der Waals surface area contributed by atoms with Crippen LogP contribution >= 0.6 is 15.9 Å². The molecule has 2 unspecified atom stereocenters. The first kappa shape index (κ1) is 11.6. The van der Waals surface area contributed by atoms with E-state index in [4.69, 9.17) is 5.73 Å². The standard InChI is InChI=1S/C11H13BrN2O2/c12-6-1-2-9-7(3-6)8(5-14-9)11(16)10(15)4-13/h1-3,5,10-11,14-16H,4,13H2. The van der Waals surface area contributed by atoms with E-state index in [1.165, 1.54) is 0 Å². The summed E-state index contributed by atoms with van der Waals surface area (Å²) >= 11 is 3.37. The van der Waals surface area contributed by atoms with E-state index in [2.05, 4.69) is 20.9 Å². The van der Waals surface area contributed by atoms with Crippen LogP contribution in [0.4, 0.5) is 0 Å². The molecule has 86 valence electrons. The van der Waals surface area contributed by atoms with Crippen molar-refractivity contribution in [1.82, 2.24) is 4.98 Å². The molecule has 16 heavy (non-hydrogen) atoms. The average molecular weight is 285 g/mol. The van der Waals surface area contributed by atoms with Gasteiger partial charge in [-0.25, -0.2) is 0 Å². The first-order valence-electron chi connectivity index (χ1n) is 4.96. The number of nitrogens with one attached hydrogen (secondary N) is 1. The van der Waals surface area contributed by atoms with E-state index in [9.17, 15) is 10.2 Å². The van der Waals surface area contributed by atoms with Gasteiger partial charge in [0.05, 0.1) is 6.10 Å². The number of aliphatic hydroxyl groups excluding tert-OH is 2. The smallest absolute Gasteiger partial charge is 0.108 e. The molecule has 5 N–H and O–H groups in total. The van der Waals surface area contributed by atoms with E-state index >= 15 is 0 Å². The average Bonchev–Trinajstić information content (AvgIpc) is 2.69. The number of benzene rings is 1. The number of rotatable bonds is 3. The van der Waals surface area contributed by atoms with Gasteiger partial charge in [-0.15, -0.1) is 0 Å². The number of aromatic amines is 1. The third kappa shape index (κ3) is 1.99. The molecule has 0 radical (unpaired) electrons. The van der Waals surface area contributed by atoms with E-state index < -0.39 is 12.2 Å². The van der Waals surface area contributed by atoms with Crippen molar-refractivity contribution < 1.29 is 10.2 Å². The molecule has 0 saturated heterocycles.